The van der Waals surface area contributed by atoms with Crippen molar-refractivity contribution in [3.05, 3.63) is 53.3 Å². The minimum atomic E-state index is -0.442. The highest BCUT2D eigenvalue weighted by Crippen LogP contribution is 2.44. The van der Waals surface area contributed by atoms with Crippen molar-refractivity contribution in [2.45, 2.75) is 46.0 Å². The van der Waals surface area contributed by atoms with Crippen LogP contribution >= 0.6 is 0 Å². The molecule has 0 amide bonds. The monoisotopic (exact) mass is 381 g/mol. The second kappa shape index (κ2) is 8.91. The molecule has 0 N–H and O–H groups in total. The molecule has 1 heterocycles. The smallest absolute Gasteiger partial charge is 0.343 e. The van der Waals surface area contributed by atoms with E-state index < -0.39 is 5.97 Å². The summed E-state index contributed by atoms with van der Waals surface area (Å²) in [6, 6.07) is 5.85. The second-order valence-electron chi connectivity index (χ2n) is 6.74. The molecule has 1 aliphatic rings. The topological polar surface area (TPSA) is 57.7 Å². The molecule has 3 rings (SSSR count). The fraction of sp³-hybridized carbons (Fsp3) is 0.391. The number of aromatic nitrogens is 1. The van der Waals surface area contributed by atoms with Gasteiger partial charge in [-0.05, 0) is 57.7 Å². The number of pyridine rings is 1. The van der Waals surface area contributed by atoms with Crippen molar-refractivity contribution in [2.75, 3.05) is 13.7 Å². The van der Waals surface area contributed by atoms with E-state index in [2.05, 4.69) is 11.1 Å². The third-order valence-electron chi connectivity index (χ3n) is 5.01. The van der Waals surface area contributed by atoms with Crippen LogP contribution in [-0.2, 0) is 4.74 Å². The Morgan fingerprint density at radius 1 is 1.29 bits per heavy atom. The van der Waals surface area contributed by atoms with E-state index in [0.717, 1.165) is 35.3 Å². The molecule has 5 heteroatoms. The average molecular weight is 381 g/mol. The van der Waals surface area contributed by atoms with Crippen LogP contribution in [0.25, 0.3) is 10.9 Å². The molecular formula is C23H27NO4. The highest BCUT2D eigenvalue weighted by molar-refractivity contribution is 5.98. The van der Waals surface area contributed by atoms with Crippen molar-refractivity contribution in [3.63, 3.8) is 0 Å². The largest absolute Gasteiger partial charge is 0.480 e. The van der Waals surface area contributed by atoms with Gasteiger partial charge in [0.25, 0.3) is 0 Å². The molecule has 148 valence electrons. The van der Waals surface area contributed by atoms with Gasteiger partial charge in [0.2, 0.25) is 5.88 Å². The summed E-state index contributed by atoms with van der Waals surface area (Å²) >= 11 is 0. The van der Waals surface area contributed by atoms with E-state index in [0.29, 0.717) is 23.6 Å². The minimum absolute atomic E-state index is 0.245. The Hall–Kier alpha value is -2.82. The van der Waals surface area contributed by atoms with Crippen molar-refractivity contribution in [1.82, 2.24) is 4.98 Å². The average Bonchev–Trinajstić information content (AvgIpc) is 2.66. The number of carbonyl (C=O) groups is 1. The first kappa shape index (κ1) is 19.9. The van der Waals surface area contributed by atoms with Gasteiger partial charge in [0, 0.05) is 10.9 Å². The minimum Gasteiger partial charge on any atom is -0.480 e. The Kier molecular flexibility index (Phi) is 6.34. The van der Waals surface area contributed by atoms with Crippen LogP contribution in [0.5, 0.6) is 11.6 Å². The molecule has 0 saturated heterocycles. The van der Waals surface area contributed by atoms with Gasteiger partial charge in [-0.1, -0.05) is 24.6 Å². The van der Waals surface area contributed by atoms with E-state index in [1.54, 1.807) is 13.0 Å². The molecule has 1 aromatic carbocycles. The first-order chi connectivity index (χ1) is 13.6. The summed E-state index contributed by atoms with van der Waals surface area (Å²) in [5, 5.41) is 0.817. The molecule has 0 radical (unpaired) electrons. The predicted octanol–water partition coefficient (Wildman–Crippen LogP) is 5.55. The lowest BCUT2D eigenvalue weighted by Crippen LogP contribution is -2.12. The zero-order valence-corrected chi connectivity index (χ0v) is 17.0. The Balaban J connectivity index is 2.18. The summed E-state index contributed by atoms with van der Waals surface area (Å²) in [5.41, 5.74) is 2.16. The summed E-state index contributed by atoms with van der Waals surface area (Å²) in [4.78, 5) is 16.9. The Morgan fingerprint density at radius 2 is 2.07 bits per heavy atom. The SMILES string of the molecule is C/C=C\C(=C/C)Oc1c(C2CCC2)ccc2cc(C(=O)OCC)c(OC)nc12. The number of ether oxygens (including phenoxy) is 3. The van der Waals surface area contributed by atoms with E-state index in [1.807, 2.05) is 38.1 Å². The van der Waals surface area contributed by atoms with Gasteiger partial charge in [-0.25, -0.2) is 9.78 Å². The van der Waals surface area contributed by atoms with Gasteiger partial charge >= 0.3 is 5.97 Å². The van der Waals surface area contributed by atoms with Crippen molar-refractivity contribution >= 4 is 16.9 Å². The van der Waals surface area contributed by atoms with E-state index in [9.17, 15) is 4.79 Å². The summed E-state index contributed by atoms with van der Waals surface area (Å²) in [7, 11) is 1.50. The number of hydrogen-bond acceptors (Lipinski definition) is 5. The van der Waals surface area contributed by atoms with Gasteiger partial charge in [0.15, 0.2) is 5.75 Å². The van der Waals surface area contributed by atoms with Crippen molar-refractivity contribution in [1.29, 1.82) is 0 Å². The van der Waals surface area contributed by atoms with Crippen LogP contribution in [0.4, 0.5) is 0 Å². The molecule has 0 bridgehead atoms. The van der Waals surface area contributed by atoms with Crippen LogP contribution in [-0.4, -0.2) is 24.7 Å². The molecule has 28 heavy (non-hydrogen) atoms. The number of fused-ring (bicyclic) bond motifs is 1. The van der Waals surface area contributed by atoms with E-state index >= 15 is 0 Å². The van der Waals surface area contributed by atoms with Crippen LogP contribution in [0.1, 0.15) is 61.9 Å². The maximum absolute atomic E-state index is 12.3. The fourth-order valence-corrected chi connectivity index (χ4v) is 3.34. The van der Waals surface area contributed by atoms with Crippen LogP contribution in [0.2, 0.25) is 0 Å². The molecule has 1 saturated carbocycles. The van der Waals surface area contributed by atoms with Crippen LogP contribution in [0.15, 0.2) is 42.2 Å². The van der Waals surface area contributed by atoms with Gasteiger partial charge < -0.3 is 14.2 Å². The maximum Gasteiger partial charge on any atom is 0.343 e. The summed E-state index contributed by atoms with van der Waals surface area (Å²) < 4.78 is 16.8. The number of methoxy groups -OCH3 is 1. The van der Waals surface area contributed by atoms with E-state index in [1.165, 1.54) is 13.5 Å². The van der Waals surface area contributed by atoms with Crippen molar-refractivity contribution in [2.24, 2.45) is 0 Å². The quantitative estimate of drug-likeness (QED) is 0.358. The number of nitrogens with zero attached hydrogens (tertiary/aromatic N) is 1. The lowest BCUT2D eigenvalue weighted by Gasteiger charge is -2.28. The molecule has 1 fully saturated rings. The van der Waals surface area contributed by atoms with Crippen LogP contribution < -0.4 is 9.47 Å². The zero-order valence-electron chi connectivity index (χ0n) is 17.0. The summed E-state index contributed by atoms with van der Waals surface area (Å²) in [6.07, 6.45) is 9.31. The molecule has 0 atom stereocenters. The molecule has 0 spiro atoms. The number of rotatable bonds is 7. The Morgan fingerprint density at radius 3 is 2.64 bits per heavy atom. The highest BCUT2D eigenvalue weighted by atomic mass is 16.5. The number of esters is 1. The van der Waals surface area contributed by atoms with Crippen LogP contribution in [0.3, 0.4) is 0 Å². The number of hydrogen-bond donors (Lipinski definition) is 0. The lowest BCUT2D eigenvalue weighted by atomic mass is 9.79. The third kappa shape index (κ3) is 3.88. The summed E-state index contributed by atoms with van der Waals surface area (Å²) in [5.74, 6) is 1.77. The Bertz CT molecular complexity index is 926. The highest BCUT2D eigenvalue weighted by Gasteiger charge is 2.26. The lowest BCUT2D eigenvalue weighted by molar-refractivity contribution is 0.0522. The van der Waals surface area contributed by atoms with E-state index in [4.69, 9.17) is 14.2 Å². The second-order valence-corrected chi connectivity index (χ2v) is 6.74. The fourth-order valence-electron chi connectivity index (χ4n) is 3.34. The normalized spacial score (nSPS) is 14.9. The van der Waals surface area contributed by atoms with Crippen molar-refractivity contribution < 1.29 is 19.0 Å². The number of allylic oxidation sites excluding steroid dienone is 3. The van der Waals surface area contributed by atoms with E-state index in [-0.39, 0.29) is 5.88 Å². The third-order valence-corrected chi connectivity index (χ3v) is 5.01. The van der Waals surface area contributed by atoms with Gasteiger partial charge in [-0.3, -0.25) is 0 Å². The molecular weight excluding hydrogens is 354 g/mol. The molecule has 0 unspecified atom stereocenters. The molecule has 1 aliphatic carbocycles. The number of carbonyl (C=O) groups excluding carboxylic acids is 1. The molecule has 1 aromatic heterocycles. The molecule has 0 aliphatic heterocycles. The van der Waals surface area contributed by atoms with Gasteiger partial charge in [-0.15, -0.1) is 0 Å². The van der Waals surface area contributed by atoms with Gasteiger partial charge in [0.05, 0.1) is 13.7 Å². The first-order valence-corrected chi connectivity index (χ1v) is 9.78. The van der Waals surface area contributed by atoms with Gasteiger partial charge in [0.1, 0.15) is 16.8 Å². The van der Waals surface area contributed by atoms with Crippen LogP contribution in [0, 0.1) is 0 Å². The Labute approximate surface area is 166 Å². The van der Waals surface area contributed by atoms with Crippen molar-refractivity contribution in [3.8, 4) is 11.6 Å². The standard InChI is InChI=1S/C23H27NO4/c1-5-9-17(6-2)28-21-18(15-10-8-11-15)13-12-16-14-19(23(25)27-7-3)22(26-4)24-20(16)21/h5-6,9,12-15H,7-8,10-11H2,1-4H3/b9-5-,17-6+. The number of benzene rings is 1. The maximum atomic E-state index is 12.3. The molecule has 5 nitrogen and oxygen atoms in total. The van der Waals surface area contributed by atoms with Gasteiger partial charge in [-0.2, -0.15) is 0 Å². The predicted molar refractivity (Wildman–Crippen MR) is 110 cm³/mol. The zero-order chi connectivity index (χ0) is 20.1. The first-order valence-electron chi connectivity index (χ1n) is 9.78. The molecule has 2 aromatic rings. The summed E-state index contributed by atoms with van der Waals surface area (Å²) in [6.45, 7) is 5.96.